The van der Waals surface area contributed by atoms with Crippen molar-refractivity contribution in [2.75, 3.05) is 6.61 Å². The van der Waals surface area contributed by atoms with Crippen molar-refractivity contribution in [3.63, 3.8) is 0 Å². The van der Waals surface area contributed by atoms with Crippen molar-refractivity contribution in [2.45, 2.75) is 43.5 Å². The molecule has 19 heavy (non-hydrogen) atoms. The summed E-state index contributed by atoms with van der Waals surface area (Å²) < 4.78 is 5.59. The van der Waals surface area contributed by atoms with Crippen molar-refractivity contribution < 1.29 is 4.74 Å². The van der Waals surface area contributed by atoms with Crippen molar-refractivity contribution in [3.8, 4) is 0 Å². The maximum absolute atomic E-state index is 6.03. The summed E-state index contributed by atoms with van der Waals surface area (Å²) in [6, 6.07) is 5.88. The number of halogens is 3. The van der Waals surface area contributed by atoms with Gasteiger partial charge in [0.25, 0.3) is 0 Å². The van der Waals surface area contributed by atoms with E-state index in [1.807, 2.05) is 18.2 Å². The third kappa shape index (κ3) is 4.63. The van der Waals surface area contributed by atoms with Crippen LogP contribution in [-0.2, 0) is 11.2 Å². The molecule has 1 atom stereocenters. The van der Waals surface area contributed by atoms with Gasteiger partial charge in [-0.25, -0.2) is 0 Å². The Morgan fingerprint density at radius 3 is 2.68 bits per heavy atom. The van der Waals surface area contributed by atoms with Crippen LogP contribution in [0.15, 0.2) is 18.2 Å². The maximum Gasteiger partial charge on any atom is 0.0595 e. The molecule has 1 aromatic carbocycles. The minimum atomic E-state index is 0.498. The van der Waals surface area contributed by atoms with Crippen molar-refractivity contribution in [2.24, 2.45) is 5.92 Å². The number of benzene rings is 1. The zero-order valence-electron chi connectivity index (χ0n) is 11.0. The Morgan fingerprint density at radius 2 is 2.05 bits per heavy atom. The maximum atomic E-state index is 6.03. The van der Waals surface area contributed by atoms with Gasteiger partial charge in [0.1, 0.15) is 0 Å². The lowest BCUT2D eigenvalue weighted by Gasteiger charge is -2.36. The molecular formula is C15H19BrCl2O. The van der Waals surface area contributed by atoms with Crippen molar-refractivity contribution in [1.82, 2.24) is 0 Å². The van der Waals surface area contributed by atoms with Gasteiger partial charge in [0.2, 0.25) is 0 Å². The van der Waals surface area contributed by atoms with Crippen LogP contribution >= 0.6 is 39.1 Å². The van der Waals surface area contributed by atoms with Gasteiger partial charge in [0, 0.05) is 11.4 Å². The second-order valence-corrected chi connectivity index (χ2v) is 7.31. The van der Waals surface area contributed by atoms with Crippen LogP contribution in [0.5, 0.6) is 0 Å². The van der Waals surface area contributed by atoms with Crippen LogP contribution in [0.3, 0.4) is 0 Å². The third-order valence-corrected chi connectivity index (χ3v) is 5.06. The summed E-state index contributed by atoms with van der Waals surface area (Å²) in [6.07, 6.45) is 5.10. The summed E-state index contributed by atoms with van der Waals surface area (Å²) in [5, 5.41) is 1.26. The first-order valence-electron chi connectivity index (χ1n) is 6.78. The van der Waals surface area contributed by atoms with Gasteiger partial charge in [-0.3, -0.25) is 0 Å². The molecule has 1 saturated carbocycles. The molecule has 0 N–H and O–H groups in total. The first-order valence-corrected chi connectivity index (χ1v) is 8.45. The van der Waals surface area contributed by atoms with Gasteiger partial charge in [-0.15, -0.1) is 0 Å². The topological polar surface area (TPSA) is 9.23 Å². The second kappa shape index (κ2) is 7.31. The molecular weight excluding hydrogens is 347 g/mol. The minimum Gasteiger partial charge on any atom is -0.378 e. The first kappa shape index (κ1) is 15.6. The molecule has 0 saturated heterocycles. The lowest BCUT2D eigenvalue weighted by molar-refractivity contribution is -0.0263. The number of ether oxygens (including phenoxy) is 1. The normalized spacial score (nSPS) is 24.0. The van der Waals surface area contributed by atoms with Crippen molar-refractivity contribution >= 4 is 39.1 Å². The number of hydrogen-bond donors (Lipinski definition) is 0. The fraction of sp³-hybridized carbons (Fsp3) is 0.600. The van der Waals surface area contributed by atoms with Crippen LogP contribution < -0.4 is 0 Å². The van der Waals surface area contributed by atoms with E-state index in [4.69, 9.17) is 27.9 Å². The van der Waals surface area contributed by atoms with Gasteiger partial charge in [-0.05, 0) is 56.2 Å². The monoisotopic (exact) mass is 364 g/mol. The standard InChI is InChI=1S/C15H19BrCl2O/c1-2-19-13-7-11(8-13)6-12(16)5-10-3-4-14(17)15(18)9-10/h3-4,9,11-13H,2,5-8H2,1H3. The van der Waals surface area contributed by atoms with Gasteiger partial charge in [0.15, 0.2) is 0 Å². The molecule has 0 amide bonds. The minimum absolute atomic E-state index is 0.498. The molecule has 1 aromatic rings. The molecule has 0 spiro atoms. The summed E-state index contributed by atoms with van der Waals surface area (Å²) in [5.41, 5.74) is 1.23. The van der Waals surface area contributed by atoms with Gasteiger partial charge < -0.3 is 4.74 Å². The van der Waals surface area contributed by atoms with Crippen LogP contribution in [0, 0.1) is 5.92 Å². The van der Waals surface area contributed by atoms with Gasteiger partial charge >= 0.3 is 0 Å². The molecule has 0 aliphatic heterocycles. The van der Waals surface area contributed by atoms with E-state index in [9.17, 15) is 0 Å². The highest BCUT2D eigenvalue weighted by molar-refractivity contribution is 9.09. The Bertz CT molecular complexity index is 419. The Kier molecular flexibility index (Phi) is 6.01. The number of rotatable bonds is 6. The van der Waals surface area contributed by atoms with Crippen LogP contribution in [0.2, 0.25) is 10.0 Å². The first-order chi connectivity index (χ1) is 9.08. The van der Waals surface area contributed by atoms with E-state index in [1.54, 1.807) is 0 Å². The molecule has 1 nitrogen and oxygen atoms in total. The molecule has 0 heterocycles. The van der Waals surface area contributed by atoms with Crippen LogP contribution in [0.25, 0.3) is 0 Å². The van der Waals surface area contributed by atoms with E-state index in [-0.39, 0.29) is 0 Å². The highest BCUT2D eigenvalue weighted by Gasteiger charge is 2.30. The Balaban J connectivity index is 1.75. The van der Waals surface area contributed by atoms with Crippen molar-refractivity contribution in [3.05, 3.63) is 33.8 Å². The SMILES string of the molecule is CCOC1CC(CC(Br)Cc2ccc(Cl)c(Cl)c2)C1. The average Bonchev–Trinajstić information content (AvgIpc) is 2.31. The number of alkyl halides is 1. The lowest BCUT2D eigenvalue weighted by Crippen LogP contribution is -2.33. The molecule has 0 radical (unpaired) electrons. The zero-order valence-corrected chi connectivity index (χ0v) is 14.1. The fourth-order valence-corrected chi connectivity index (χ4v) is 3.83. The Morgan fingerprint density at radius 1 is 1.32 bits per heavy atom. The summed E-state index contributed by atoms with van der Waals surface area (Å²) in [5.74, 6) is 0.795. The highest BCUT2D eigenvalue weighted by Crippen LogP contribution is 2.36. The van der Waals surface area contributed by atoms with E-state index < -0.39 is 0 Å². The van der Waals surface area contributed by atoms with E-state index in [0.29, 0.717) is 21.0 Å². The molecule has 4 heteroatoms. The van der Waals surface area contributed by atoms with Crippen molar-refractivity contribution in [1.29, 1.82) is 0 Å². The zero-order chi connectivity index (χ0) is 13.8. The van der Waals surface area contributed by atoms with Gasteiger partial charge in [-0.2, -0.15) is 0 Å². The lowest BCUT2D eigenvalue weighted by atomic mass is 9.79. The quantitative estimate of drug-likeness (QED) is 0.604. The highest BCUT2D eigenvalue weighted by atomic mass is 79.9. The molecule has 0 bridgehead atoms. The fourth-order valence-electron chi connectivity index (χ4n) is 2.61. The molecule has 1 aliphatic carbocycles. The number of hydrogen-bond acceptors (Lipinski definition) is 1. The second-order valence-electron chi connectivity index (χ2n) is 5.20. The average molecular weight is 366 g/mol. The largest absolute Gasteiger partial charge is 0.378 e. The van der Waals surface area contributed by atoms with E-state index in [1.165, 1.54) is 24.8 Å². The summed E-state index contributed by atoms with van der Waals surface area (Å²) in [7, 11) is 0. The van der Waals surface area contributed by atoms with Gasteiger partial charge in [0.05, 0.1) is 16.1 Å². The summed E-state index contributed by atoms with van der Waals surface area (Å²) in [4.78, 5) is 0.498. The Hall–Kier alpha value is 0.240. The van der Waals surface area contributed by atoms with Crippen LogP contribution in [0.4, 0.5) is 0 Å². The molecule has 0 aromatic heterocycles. The van der Waals surface area contributed by atoms with E-state index in [2.05, 4.69) is 22.9 Å². The molecule has 106 valence electrons. The predicted octanol–water partition coefficient (Wildman–Crippen LogP) is 5.50. The van der Waals surface area contributed by atoms with E-state index in [0.717, 1.165) is 18.9 Å². The van der Waals surface area contributed by atoms with Crippen LogP contribution in [0.1, 0.15) is 31.7 Å². The molecule has 2 rings (SSSR count). The molecule has 1 unspecified atom stereocenters. The molecule has 1 aliphatic rings. The van der Waals surface area contributed by atoms with Gasteiger partial charge in [-0.1, -0.05) is 45.2 Å². The van der Waals surface area contributed by atoms with E-state index >= 15 is 0 Å². The third-order valence-electron chi connectivity index (χ3n) is 3.63. The Labute approximate surface area is 133 Å². The summed E-state index contributed by atoms with van der Waals surface area (Å²) >= 11 is 15.7. The summed E-state index contributed by atoms with van der Waals surface area (Å²) in [6.45, 7) is 2.89. The predicted molar refractivity (Wildman–Crippen MR) is 85.6 cm³/mol. The smallest absolute Gasteiger partial charge is 0.0595 e. The molecule has 1 fully saturated rings. The van der Waals surface area contributed by atoms with Crippen LogP contribution in [-0.4, -0.2) is 17.5 Å².